The number of hydrogen-bond acceptors (Lipinski definition) is 7. The fraction of sp³-hybridized carbons (Fsp3) is 0.818. The summed E-state index contributed by atoms with van der Waals surface area (Å²) in [6.45, 7) is -0.833. The van der Waals surface area contributed by atoms with Gasteiger partial charge in [0.25, 0.3) is 0 Å². The van der Waals surface area contributed by atoms with Crippen molar-refractivity contribution < 1.29 is 40.2 Å². The lowest BCUT2D eigenvalue weighted by atomic mass is 9.98. The van der Waals surface area contributed by atoms with Crippen molar-refractivity contribution in [2.45, 2.75) is 50.1 Å². The summed E-state index contributed by atoms with van der Waals surface area (Å²) in [5.41, 5.74) is 0. The van der Waals surface area contributed by atoms with Gasteiger partial charge in [0.2, 0.25) is 0 Å². The lowest BCUT2D eigenvalue weighted by Gasteiger charge is -2.22. The van der Waals surface area contributed by atoms with Crippen molar-refractivity contribution in [3.05, 3.63) is 0 Å². The van der Waals surface area contributed by atoms with Crippen LogP contribution in [-0.4, -0.2) is 73.4 Å². The molecular formula is C11H20O8. The normalized spacial score (nSPS) is 17.5. The van der Waals surface area contributed by atoms with Crippen molar-refractivity contribution in [3.8, 4) is 0 Å². The maximum atomic E-state index is 11.5. The number of carbonyl (C=O) groups excluding carboxylic acids is 1. The van der Waals surface area contributed by atoms with Crippen molar-refractivity contribution in [2.75, 3.05) is 6.61 Å². The number of Topliss-reactive ketones (excluding diaryl/α,β-unsaturated/α-hetero) is 1. The van der Waals surface area contributed by atoms with E-state index in [2.05, 4.69) is 0 Å². The van der Waals surface area contributed by atoms with Crippen LogP contribution in [0.5, 0.6) is 0 Å². The molecule has 0 radical (unpaired) electrons. The molecule has 0 bridgehead atoms. The Bertz CT molecular complexity index is 292. The Balaban J connectivity index is 4.13. The van der Waals surface area contributed by atoms with Gasteiger partial charge in [-0.05, 0) is 19.3 Å². The first-order valence-corrected chi connectivity index (χ1v) is 5.89. The number of unbranched alkanes of at least 4 members (excludes halogenated alkanes) is 1. The Morgan fingerprint density at radius 2 is 1.58 bits per heavy atom. The first-order valence-electron chi connectivity index (χ1n) is 5.89. The van der Waals surface area contributed by atoms with E-state index < -0.39 is 42.8 Å². The van der Waals surface area contributed by atoms with Gasteiger partial charge in [0.1, 0.15) is 24.4 Å². The molecule has 0 aliphatic heterocycles. The van der Waals surface area contributed by atoms with Crippen LogP contribution in [0.2, 0.25) is 0 Å². The number of aliphatic hydroxyl groups is 5. The molecule has 0 amide bonds. The molecule has 0 fully saturated rings. The van der Waals surface area contributed by atoms with Crippen molar-refractivity contribution in [3.63, 3.8) is 0 Å². The molecule has 0 aliphatic rings. The summed E-state index contributed by atoms with van der Waals surface area (Å²) >= 11 is 0. The van der Waals surface area contributed by atoms with E-state index in [4.69, 9.17) is 15.3 Å². The van der Waals surface area contributed by atoms with Crippen molar-refractivity contribution in [1.82, 2.24) is 0 Å². The molecule has 0 rings (SSSR count). The van der Waals surface area contributed by atoms with E-state index in [-0.39, 0.29) is 25.7 Å². The summed E-state index contributed by atoms with van der Waals surface area (Å²) in [4.78, 5) is 21.7. The second-order valence-electron chi connectivity index (χ2n) is 4.24. The number of aliphatic carboxylic acids is 1. The molecule has 1 unspecified atom stereocenters. The highest BCUT2D eigenvalue weighted by Gasteiger charge is 2.33. The van der Waals surface area contributed by atoms with Gasteiger partial charge in [0, 0.05) is 6.42 Å². The highest BCUT2D eigenvalue weighted by Crippen LogP contribution is 2.09. The van der Waals surface area contributed by atoms with Gasteiger partial charge in [0.15, 0.2) is 5.78 Å². The highest BCUT2D eigenvalue weighted by molar-refractivity contribution is 5.87. The molecule has 0 aliphatic carbocycles. The van der Waals surface area contributed by atoms with Crippen molar-refractivity contribution >= 4 is 11.8 Å². The van der Waals surface area contributed by atoms with E-state index >= 15 is 0 Å². The standard InChI is InChI=1S/C11H20O8/c12-5-7(14)10(18)11(19)9(17)6(13)3-1-2-4-8(15)16/h6-7,10-14,18-19H,1-5H2,(H,15,16)/t6?,7-,10-,11-/m1/s1. The first kappa shape index (κ1) is 17.9. The van der Waals surface area contributed by atoms with Gasteiger partial charge in [-0.15, -0.1) is 0 Å². The van der Waals surface area contributed by atoms with Crippen LogP contribution in [0.25, 0.3) is 0 Å². The average Bonchev–Trinajstić information content (AvgIpc) is 2.39. The van der Waals surface area contributed by atoms with Crippen LogP contribution >= 0.6 is 0 Å². The van der Waals surface area contributed by atoms with Crippen LogP contribution in [0.15, 0.2) is 0 Å². The number of carboxylic acid groups (broad SMARTS) is 1. The minimum Gasteiger partial charge on any atom is -0.481 e. The highest BCUT2D eigenvalue weighted by atomic mass is 16.4. The molecule has 0 saturated heterocycles. The number of aliphatic hydroxyl groups excluding tert-OH is 5. The lowest BCUT2D eigenvalue weighted by molar-refractivity contribution is -0.148. The Kier molecular flexibility index (Phi) is 8.44. The lowest BCUT2D eigenvalue weighted by Crippen LogP contribution is -2.47. The number of carboxylic acids is 1. The monoisotopic (exact) mass is 280 g/mol. The number of carbonyl (C=O) groups is 2. The molecule has 19 heavy (non-hydrogen) atoms. The zero-order chi connectivity index (χ0) is 15.0. The molecule has 8 nitrogen and oxygen atoms in total. The SMILES string of the molecule is O=C(O)CCCCC(O)C(=O)[C@@H](O)[C@H](O)[C@H](O)CO. The van der Waals surface area contributed by atoms with Crippen LogP contribution < -0.4 is 0 Å². The Hall–Kier alpha value is -1.06. The molecule has 0 aromatic rings. The van der Waals surface area contributed by atoms with E-state index in [0.717, 1.165) is 0 Å². The minimum atomic E-state index is -2.00. The van der Waals surface area contributed by atoms with Crippen LogP contribution in [0.4, 0.5) is 0 Å². The largest absolute Gasteiger partial charge is 0.481 e. The van der Waals surface area contributed by atoms with Crippen LogP contribution in [0.1, 0.15) is 25.7 Å². The summed E-state index contributed by atoms with van der Waals surface area (Å²) < 4.78 is 0. The summed E-state index contributed by atoms with van der Waals surface area (Å²) in [5.74, 6) is -2.06. The van der Waals surface area contributed by atoms with Crippen molar-refractivity contribution in [1.29, 1.82) is 0 Å². The molecule has 8 heteroatoms. The minimum absolute atomic E-state index is 0.0505. The van der Waals surface area contributed by atoms with Crippen molar-refractivity contribution in [2.24, 2.45) is 0 Å². The predicted octanol–water partition coefficient (Wildman–Crippen LogP) is -2.36. The van der Waals surface area contributed by atoms with Crippen LogP contribution in [0, 0.1) is 0 Å². The third kappa shape index (κ3) is 6.60. The zero-order valence-corrected chi connectivity index (χ0v) is 10.3. The molecular weight excluding hydrogens is 260 g/mol. The molecule has 0 spiro atoms. The van der Waals surface area contributed by atoms with E-state index in [0.29, 0.717) is 0 Å². The maximum Gasteiger partial charge on any atom is 0.303 e. The fourth-order valence-corrected chi connectivity index (χ4v) is 1.44. The molecule has 4 atom stereocenters. The van der Waals surface area contributed by atoms with Gasteiger partial charge in [-0.3, -0.25) is 9.59 Å². The van der Waals surface area contributed by atoms with Gasteiger partial charge < -0.3 is 30.6 Å². The number of hydrogen-bond donors (Lipinski definition) is 6. The predicted molar refractivity (Wildman–Crippen MR) is 62.2 cm³/mol. The van der Waals surface area contributed by atoms with Crippen LogP contribution in [-0.2, 0) is 9.59 Å². The molecule has 0 aromatic carbocycles. The van der Waals surface area contributed by atoms with Gasteiger partial charge in [-0.2, -0.15) is 0 Å². The molecule has 0 aromatic heterocycles. The summed E-state index contributed by atoms with van der Waals surface area (Å²) in [6.07, 6.45) is -6.71. The molecule has 0 heterocycles. The maximum absolute atomic E-state index is 11.5. The third-order valence-electron chi connectivity index (χ3n) is 2.64. The second-order valence-corrected chi connectivity index (χ2v) is 4.24. The van der Waals surface area contributed by atoms with E-state index in [1.165, 1.54) is 0 Å². The molecule has 112 valence electrons. The second kappa shape index (κ2) is 8.94. The van der Waals surface area contributed by atoms with Gasteiger partial charge in [-0.25, -0.2) is 0 Å². The summed E-state index contributed by atoms with van der Waals surface area (Å²) in [7, 11) is 0. The number of rotatable bonds is 10. The van der Waals surface area contributed by atoms with E-state index in [9.17, 15) is 24.9 Å². The molecule has 0 saturated carbocycles. The van der Waals surface area contributed by atoms with Gasteiger partial charge >= 0.3 is 5.97 Å². The average molecular weight is 280 g/mol. The molecule has 6 N–H and O–H groups in total. The summed E-state index contributed by atoms with van der Waals surface area (Å²) in [6, 6.07) is 0. The van der Waals surface area contributed by atoms with E-state index in [1.54, 1.807) is 0 Å². The number of ketones is 1. The summed E-state index contributed by atoms with van der Waals surface area (Å²) in [5, 5.41) is 54.1. The smallest absolute Gasteiger partial charge is 0.303 e. The first-order chi connectivity index (χ1) is 8.81. The fourth-order valence-electron chi connectivity index (χ4n) is 1.44. The Labute approximate surface area is 109 Å². The van der Waals surface area contributed by atoms with Crippen LogP contribution in [0.3, 0.4) is 0 Å². The zero-order valence-electron chi connectivity index (χ0n) is 10.3. The Morgan fingerprint density at radius 1 is 1.00 bits per heavy atom. The third-order valence-corrected chi connectivity index (χ3v) is 2.64. The quantitative estimate of drug-likeness (QED) is 0.243. The van der Waals surface area contributed by atoms with Gasteiger partial charge in [-0.1, -0.05) is 0 Å². The Morgan fingerprint density at radius 3 is 2.05 bits per heavy atom. The van der Waals surface area contributed by atoms with E-state index in [1.807, 2.05) is 0 Å². The topological polar surface area (TPSA) is 156 Å². The van der Waals surface area contributed by atoms with Gasteiger partial charge in [0.05, 0.1) is 6.61 Å².